The second-order valence-corrected chi connectivity index (χ2v) is 4.36. The summed E-state index contributed by atoms with van der Waals surface area (Å²) in [4.78, 5) is 22.2. The highest BCUT2D eigenvalue weighted by Gasteiger charge is 2.11. The molecular weight excluding hydrogens is 258 g/mol. The van der Waals surface area contributed by atoms with E-state index in [1.54, 1.807) is 0 Å². The molecule has 0 aliphatic rings. The summed E-state index contributed by atoms with van der Waals surface area (Å²) in [7, 11) is 0. The third-order valence-electron chi connectivity index (χ3n) is 1.99. The Morgan fingerprint density at radius 1 is 1.44 bits per heavy atom. The number of hydrogen-bond donors (Lipinski definition) is 2. The minimum Gasteiger partial charge on any atom is -0.484 e. The van der Waals surface area contributed by atoms with E-state index in [2.05, 4.69) is 5.32 Å². The summed E-state index contributed by atoms with van der Waals surface area (Å²) in [5, 5.41) is 11.6. The van der Waals surface area contributed by atoms with Crippen LogP contribution in [-0.4, -0.2) is 29.6 Å². The summed E-state index contributed by atoms with van der Waals surface area (Å²) in [5.74, 6) is -1.12. The molecular formula is C12H14ClNO4. The first-order chi connectivity index (χ1) is 8.40. The number of carbonyl (C=O) groups excluding carboxylic acids is 1. The maximum absolute atomic E-state index is 11.3. The molecule has 0 aliphatic heterocycles. The van der Waals surface area contributed by atoms with Crippen molar-refractivity contribution in [3.05, 3.63) is 28.8 Å². The third-order valence-corrected chi connectivity index (χ3v) is 2.32. The monoisotopic (exact) mass is 271 g/mol. The quantitative estimate of drug-likeness (QED) is 0.858. The van der Waals surface area contributed by atoms with Gasteiger partial charge in [0.15, 0.2) is 6.61 Å². The van der Waals surface area contributed by atoms with E-state index in [9.17, 15) is 9.59 Å². The normalized spacial score (nSPS) is 10.2. The van der Waals surface area contributed by atoms with Crippen molar-refractivity contribution < 1.29 is 19.4 Å². The van der Waals surface area contributed by atoms with Crippen LogP contribution < -0.4 is 10.1 Å². The third kappa shape index (κ3) is 4.25. The summed E-state index contributed by atoms with van der Waals surface area (Å²) in [6.07, 6.45) is 0. The van der Waals surface area contributed by atoms with E-state index in [0.717, 1.165) is 0 Å². The molecule has 0 spiro atoms. The Kier molecular flexibility index (Phi) is 4.97. The van der Waals surface area contributed by atoms with Gasteiger partial charge in [-0.2, -0.15) is 0 Å². The van der Waals surface area contributed by atoms with Crippen LogP contribution in [0.15, 0.2) is 18.2 Å². The Morgan fingerprint density at radius 3 is 2.67 bits per heavy atom. The van der Waals surface area contributed by atoms with Crippen molar-refractivity contribution in [1.82, 2.24) is 5.32 Å². The highest BCUT2D eigenvalue weighted by molar-refractivity contribution is 6.33. The van der Waals surface area contributed by atoms with Gasteiger partial charge in [-0.1, -0.05) is 11.6 Å². The van der Waals surface area contributed by atoms with Gasteiger partial charge in [-0.3, -0.25) is 4.79 Å². The first kappa shape index (κ1) is 14.3. The standard InChI is InChI=1S/C12H14ClNO4/c1-7(2)14-11(15)6-18-8-3-4-10(13)9(5-8)12(16)17/h3-5,7H,6H2,1-2H3,(H,14,15)(H,16,17). The van der Waals surface area contributed by atoms with Crippen molar-refractivity contribution in [2.45, 2.75) is 19.9 Å². The largest absolute Gasteiger partial charge is 0.484 e. The highest BCUT2D eigenvalue weighted by atomic mass is 35.5. The molecule has 18 heavy (non-hydrogen) atoms. The fraction of sp³-hybridized carbons (Fsp3) is 0.333. The van der Waals surface area contributed by atoms with Crippen LogP contribution in [0, 0.1) is 0 Å². The lowest BCUT2D eigenvalue weighted by molar-refractivity contribution is -0.123. The number of carbonyl (C=O) groups is 2. The van der Waals surface area contributed by atoms with Gasteiger partial charge in [0.2, 0.25) is 0 Å². The van der Waals surface area contributed by atoms with Crippen molar-refractivity contribution in [2.75, 3.05) is 6.61 Å². The van der Waals surface area contributed by atoms with E-state index >= 15 is 0 Å². The van der Waals surface area contributed by atoms with Crippen molar-refractivity contribution in [2.24, 2.45) is 0 Å². The zero-order valence-corrected chi connectivity index (χ0v) is 10.8. The van der Waals surface area contributed by atoms with E-state index in [1.807, 2.05) is 13.8 Å². The summed E-state index contributed by atoms with van der Waals surface area (Å²) in [6, 6.07) is 4.24. The molecule has 0 radical (unpaired) electrons. The molecule has 1 aromatic rings. The molecule has 1 aromatic carbocycles. The van der Waals surface area contributed by atoms with E-state index in [0.29, 0.717) is 0 Å². The van der Waals surface area contributed by atoms with Crippen LogP contribution in [-0.2, 0) is 4.79 Å². The number of ether oxygens (including phenoxy) is 1. The molecule has 0 atom stereocenters. The molecule has 0 unspecified atom stereocenters. The number of carboxylic acids is 1. The van der Waals surface area contributed by atoms with Gasteiger partial charge >= 0.3 is 5.97 Å². The van der Waals surface area contributed by atoms with Crippen molar-refractivity contribution >= 4 is 23.5 Å². The molecule has 1 amide bonds. The number of hydrogen-bond acceptors (Lipinski definition) is 3. The van der Waals surface area contributed by atoms with Crippen LogP contribution in [0.2, 0.25) is 5.02 Å². The Morgan fingerprint density at radius 2 is 2.11 bits per heavy atom. The van der Waals surface area contributed by atoms with Gasteiger partial charge in [-0.25, -0.2) is 4.79 Å². The first-order valence-corrected chi connectivity index (χ1v) is 5.73. The molecule has 0 aliphatic carbocycles. The maximum Gasteiger partial charge on any atom is 0.337 e. The van der Waals surface area contributed by atoms with Gasteiger partial charge in [-0.15, -0.1) is 0 Å². The zero-order valence-electron chi connectivity index (χ0n) is 10.1. The predicted molar refractivity (Wildman–Crippen MR) is 67.2 cm³/mol. The average molecular weight is 272 g/mol. The van der Waals surface area contributed by atoms with Crippen molar-refractivity contribution in [3.63, 3.8) is 0 Å². The fourth-order valence-electron chi connectivity index (χ4n) is 1.27. The summed E-state index contributed by atoms with van der Waals surface area (Å²) in [5.41, 5.74) is -0.0570. The zero-order chi connectivity index (χ0) is 13.7. The van der Waals surface area contributed by atoms with E-state index in [-0.39, 0.29) is 34.9 Å². The molecule has 1 rings (SSSR count). The fourth-order valence-corrected chi connectivity index (χ4v) is 1.47. The number of aromatic carboxylic acids is 1. The Hall–Kier alpha value is -1.75. The van der Waals surface area contributed by atoms with Gasteiger partial charge in [0.05, 0.1) is 10.6 Å². The van der Waals surface area contributed by atoms with Crippen molar-refractivity contribution in [3.8, 4) is 5.75 Å². The summed E-state index contributed by atoms with van der Waals surface area (Å²) < 4.78 is 5.18. The number of rotatable bonds is 5. The minimum atomic E-state index is -1.14. The van der Waals surface area contributed by atoms with Gasteiger partial charge in [0.25, 0.3) is 5.91 Å². The molecule has 0 bridgehead atoms. The number of benzene rings is 1. The number of amides is 1. The maximum atomic E-state index is 11.3. The van der Waals surface area contributed by atoms with Gasteiger partial charge in [0.1, 0.15) is 5.75 Å². The van der Waals surface area contributed by atoms with Gasteiger partial charge in [-0.05, 0) is 32.0 Å². The lowest BCUT2D eigenvalue weighted by atomic mass is 10.2. The molecule has 0 saturated carbocycles. The molecule has 6 heteroatoms. The van der Waals surface area contributed by atoms with Gasteiger partial charge < -0.3 is 15.2 Å². The van der Waals surface area contributed by atoms with Gasteiger partial charge in [0, 0.05) is 6.04 Å². The van der Waals surface area contributed by atoms with E-state index in [1.165, 1.54) is 18.2 Å². The molecule has 0 saturated heterocycles. The SMILES string of the molecule is CC(C)NC(=O)COc1ccc(Cl)c(C(=O)O)c1. The first-order valence-electron chi connectivity index (χ1n) is 5.35. The number of halogens is 1. The Labute approximate surface area is 110 Å². The van der Waals surface area contributed by atoms with Crippen LogP contribution in [0.1, 0.15) is 24.2 Å². The van der Waals surface area contributed by atoms with E-state index in [4.69, 9.17) is 21.4 Å². The molecule has 5 nitrogen and oxygen atoms in total. The minimum absolute atomic E-state index is 0.0286. The lowest BCUT2D eigenvalue weighted by Crippen LogP contribution is -2.34. The van der Waals surface area contributed by atoms with Crippen LogP contribution in [0.5, 0.6) is 5.75 Å². The summed E-state index contributed by atoms with van der Waals surface area (Å²) >= 11 is 5.71. The van der Waals surface area contributed by atoms with Crippen molar-refractivity contribution in [1.29, 1.82) is 0 Å². The second kappa shape index (κ2) is 6.26. The lowest BCUT2D eigenvalue weighted by Gasteiger charge is -2.10. The molecule has 0 aromatic heterocycles. The molecule has 0 heterocycles. The van der Waals surface area contributed by atoms with Crippen LogP contribution in [0.3, 0.4) is 0 Å². The topological polar surface area (TPSA) is 75.6 Å². The van der Waals surface area contributed by atoms with Crippen LogP contribution in [0.25, 0.3) is 0 Å². The second-order valence-electron chi connectivity index (χ2n) is 3.96. The Balaban J connectivity index is 2.66. The smallest absolute Gasteiger partial charge is 0.337 e. The average Bonchev–Trinajstić information content (AvgIpc) is 2.26. The molecule has 98 valence electrons. The van der Waals surface area contributed by atoms with E-state index < -0.39 is 5.97 Å². The highest BCUT2D eigenvalue weighted by Crippen LogP contribution is 2.22. The number of nitrogens with one attached hydrogen (secondary N) is 1. The van der Waals surface area contributed by atoms with Crippen LogP contribution >= 0.6 is 11.6 Å². The Bertz CT molecular complexity index is 459. The predicted octanol–water partition coefficient (Wildman–Crippen LogP) is 1.94. The van der Waals surface area contributed by atoms with Crippen LogP contribution in [0.4, 0.5) is 0 Å². The number of carboxylic acid groups (broad SMARTS) is 1. The molecule has 0 fully saturated rings. The molecule has 2 N–H and O–H groups in total. The summed E-state index contributed by atoms with van der Waals surface area (Å²) in [6.45, 7) is 3.50.